The summed E-state index contributed by atoms with van der Waals surface area (Å²) in [4.78, 5) is 12.2. The second kappa shape index (κ2) is 8.60. The van der Waals surface area contributed by atoms with Gasteiger partial charge in [0.2, 0.25) is 0 Å². The highest BCUT2D eigenvalue weighted by Crippen LogP contribution is 2.15. The minimum absolute atomic E-state index is 0.211. The second-order valence-corrected chi connectivity index (χ2v) is 5.23. The first kappa shape index (κ1) is 16.6. The van der Waals surface area contributed by atoms with E-state index in [1.54, 1.807) is 48.5 Å². The molecule has 1 N–H and O–H groups in total. The summed E-state index contributed by atoms with van der Waals surface area (Å²) in [6.07, 6.45) is 3.35. The van der Waals surface area contributed by atoms with Crippen LogP contribution >= 0.6 is 0 Å². The van der Waals surface area contributed by atoms with Crippen LogP contribution in [0.5, 0.6) is 5.75 Å². The first-order chi connectivity index (χ1) is 11.2. The second-order valence-electron chi connectivity index (χ2n) is 5.23. The van der Waals surface area contributed by atoms with E-state index in [4.69, 9.17) is 10.00 Å². The predicted molar refractivity (Wildman–Crippen MR) is 90.6 cm³/mol. The number of hydrogen-bond acceptors (Lipinski definition) is 3. The zero-order chi connectivity index (χ0) is 16.5. The molecule has 0 saturated heterocycles. The molecule has 0 aromatic heterocycles. The number of nitriles is 1. The molecule has 2 aromatic rings. The third-order valence-corrected chi connectivity index (χ3v) is 3.38. The Bertz CT molecular complexity index is 687. The van der Waals surface area contributed by atoms with Gasteiger partial charge in [0.05, 0.1) is 18.2 Å². The SMILES string of the molecule is CCCCCOc1ccc(C(=O)Nc2cccc(C#N)c2)cc1. The Labute approximate surface area is 136 Å². The van der Waals surface area contributed by atoms with Crippen molar-refractivity contribution in [2.24, 2.45) is 0 Å². The Morgan fingerprint density at radius 2 is 1.96 bits per heavy atom. The zero-order valence-electron chi connectivity index (χ0n) is 13.2. The number of amides is 1. The summed E-state index contributed by atoms with van der Waals surface area (Å²) in [5.74, 6) is 0.557. The summed E-state index contributed by atoms with van der Waals surface area (Å²) in [6.45, 7) is 2.85. The van der Waals surface area contributed by atoms with Crippen LogP contribution in [0, 0.1) is 11.3 Å². The molecular formula is C19H20N2O2. The van der Waals surface area contributed by atoms with Crippen LogP contribution in [0.3, 0.4) is 0 Å². The molecule has 2 rings (SSSR count). The monoisotopic (exact) mass is 308 g/mol. The van der Waals surface area contributed by atoms with Gasteiger partial charge in [-0.25, -0.2) is 0 Å². The van der Waals surface area contributed by atoms with Crippen LogP contribution in [-0.4, -0.2) is 12.5 Å². The topological polar surface area (TPSA) is 62.1 Å². The van der Waals surface area contributed by atoms with Crippen LogP contribution in [0.2, 0.25) is 0 Å². The van der Waals surface area contributed by atoms with Crippen molar-refractivity contribution in [1.29, 1.82) is 5.26 Å². The van der Waals surface area contributed by atoms with Crippen molar-refractivity contribution in [3.63, 3.8) is 0 Å². The summed E-state index contributed by atoms with van der Waals surface area (Å²) in [5, 5.41) is 11.7. The summed E-state index contributed by atoms with van der Waals surface area (Å²) in [7, 11) is 0. The number of anilines is 1. The largest absolute Gasteiger partial charge is 0.494 e. The molecule has 0 aliphatic rings. The number of nitrogens with zero attached hydrogens (tertiary/aromatic N) is 1. The van der Waals surface area contributed by atoms with Crippen LogP contribution in [0.25, 0.3) is 0 Å². The lowest BCUT2D eigenvalue weighted by Gasteiger charge is -2.08. The van der Waals surface area contributed by atoms with E-state index in [2.05, 4.69) is 12.2 Å². The van der Waals surface area contributed by atoms with Crippen molar-refractivity contribution in [1.82, 2.24) is 0 Å². The molecule has 2 aromatic carbocycles. The van der Waals surface area contributed by atoms with E-state index in [9.17, 15) is 4.79 Å². The minimum atomic E-state index is -0.211. The number of benzene rings is 2. The lowest BCUT2D eigenvalue weighted by Crippen LogP contribution is -2.11. The van der Waals surface area contributed by atoms with Crippen molar-refractivity contribution in [3.8, 4) is 11.8 Å². The Balaban J connectivity index is 1.93. The molecule has 0 unspecified atom stereocenters. The molecule has 0 spiro atoms. The van der Waals surface area contributed by atoms with Gasteiger partial charge in [0, 0.05) is 11.3 Å². The summed E-state index contributed by atoms with van der Waals surface area (Å²) >= 11 is 0. The summed E-state index contributed by atoms with van der Waals surface area (Å²) in [6, 6.07) is 15.9. The normalized spacial score (nSPS) is 9.91. The van der Waals surface area contributed by atoms with Gasteiger partial charge in [-0.1, -0.05) is 25.8 Å². The zero-order valence-corrected chi connectivity index (χ0v) is 13.2. The van der Waals surface area contributed by atoms with Gasteiger partial charge in [0.1, 0.15) is 5.75 Å². The van der Waals surface area contributed by atoms with Gasteiger partial charge in [0.15, 0.2) is 0 Å². The molecular weight excluding hydrogens is 288 g/mol. The lowest BCUT2D eigenvalue weighted by atomic mass is 10.2. The van der Waals surface area contributed by atoms with Gasteiger partial charge < -0.3 is 10.1 Å². The van der Waals surface area contributed by atoms with Crippen LogP contribution in [-0.2, 0) is 0 Å². The Kier molecular flexibility index (Phi) is 6.19. The van der Waals surface area contributed by atoms with E-state index in [1.165, 1.54) is 0 Å². The standard InChI is InChI=1S/C19H20N2O2/c1-2-3-4-12-23-18-10-8-16(9-11-18)19(22)21-17-7-5-6-15(13-17)14-20/h5-11,13H,2-4,12H2,1H3,(H,21,22). The maximum Gasteiger partial charge on any atom is 0.255 e. The fourth-order valence-electron chi connectivity index (χ4n) is 2.11. The van der Waals surface area contributed by atoms with Crippen molar-refractivity contribution in [2.75, 3.05) is 11.9 Å². The van der Waals surface area contributed by atoms with Crippen LogP contribution in [0.15, 0.2) is 48.5 Å². The molecule has 0 saturated carbocycles. The number of ether oxygens (including phenoxy) is 1. The number of carbonyl (C=O) groups excluding carboxylic acids is 1. The highest BCUT2D eigenvalue weighted by Gasteiger charge is 2.06. The third kappa shape index (κ3) is 5.15. The van der Waals surface area contributed by atoms with E-state index in [0.717, 1.165) is 25.0 Å². The lowest BCUT2D eigenvalue weighted by molar-refractivity contribution is 0.102. The molecule has 0 aliphatic carbocycles. The number of rotatable bonds is 7. The van der Waals surface area contributed by atoms with E-state index in [1.807, 2.05) is 6.07 Å². The molecule has 4 heteroatoms. The summed E-state index contributed by atoms with van der Waals surface area (Å²) < 4.78 is 5.62. The molecule has 0 radical (unpaired) electrons. The molecule has 1 amide bonds. The summed E-state index contributed by atoms with van der Waals surface area (Å²) in [5.41, 5.74) is 1.67. The molecule has 0 aliphatic heterocycles. The van der Waals surface area contributed by atoms with Crippen LogP contribution in [0.1, 0.15) is 42.1 Å². The number of unbranched alkanes of at least 4 members (excludes halogenated alkanes) is 2. The van der Waals surface area contributed by atoms with E-state index in [-0.39, 0.29) is 5.91 Å². The smallest absolute Gasteiger partial charge is 0.255 e. The Morgan fingerprint density at radius 1 is 1.17 bits per heavy atom. The molecule has 23 heavy (non-hydrogen) atoms. The molecule has 0 bridgehead atoms. The van der Waals surface area contributed by atoms with E-state index < -0.39 is 0 Å². The number of hydrogen-bond donors (Lipinski definition) is 1. The highest BCUT2D eigenvalue weighted by molar-refractivity contribution is 6.04. The predicted octanol–water partition coefficient (Wildman–Crippen LogP) is 4.38. The molecule has 0 atom stereocenters. The average molecular weight is 308 g/mol. The van der Waals surface area contributed by atoms with Gasteiger partial charge in [-0.05, 0) is 48.9 Å². The Morgan fingerprint density at radius 3 is 2.65 bits per heavy atom. The highest BCUT2D eigenvalue weighted by atomic mass is 16.5. The molecule has 0 heterocycles. The maximum absolute atomic E-state index is 12.2. The van der Waals surface area contributed by atoms with Crippen molar-refractivity contribution in [2.45, 2.75) is 26.2 Å². The quantitative estimate of drug-likeness (QED) is 0.772. The fraction of sp³-hybridized carbons (Fsp3) is 0.263. The third-order valence-electron chi connectivity index (χ3n) is 3.38. The van der Waals surface area contributed by atoms with Crippen molar-refractivity contribution >= 4 is 11.6 Å². The number of carbonyl (C=O) groups is 1. The van der Waals surface area contributed by atoms with Gasteiger partial charge >= 0.3 is 0 Å². The number of nitrogens with one attached hydrogen (secondary N) is 1. The maximum atomic E-state index is 12.2. The van der Waals surface area contributed by atoms with Gasteiger partial charge in [-0.15, -0.1) is 0 Å². The van der Waals surface area contributed by atoms with Gasteiger partial charge in [-0.3, -0.25) is 4.79 Å². The van der Waals surface area contributed by atoms with Crippen molar-refractivity contribution < 1.29 is 9.53 Å². The van der Waals surface area contributed by atoms with E-state index in [0.29, 0.717) is 23.4 Å². The van der Waals surface area contributed by atoms with Gasteiger partial charge in [-0.2, -0.15) is 5.26 Å². The molecule has 0 fully saturated rings. The van der Waals surface area contributed by atoms with Crippen LogP contribution < -0.4 is 10.1 Å². The minimum Gasteiger partial charge on any atom is -0.494 e. The van der Waals surface area contributed by atoms with Crippen molar-refractivity contribution in [3.05, 3.63) is 59.7 Å². The first-order valence-corrected chi connectivity index (χ1v) is 7.77. The first-order valence-electron chi connectivity index (χ1n) is 7.77. The molecule has 4 nitrogen and oxygen atoms in total. The van der Waals surface area contributed by atoms with Crippen LogP contribution in [0.4, 0.5) is 5.69 Å². The Hall–Kier alpha value is -2.80. The molecule has 118 valence electrons. The van der Waals surface area contributed by atoms with E-state index >= 15 is 0 Å². The fourth-order valence-corrected chi connectivity index (χ4v) is 2.11. The average Bonchev–Trinajstić information content (AvgIpc) is 2.59. The van der Waals surface area contributed by atoms with Gasteiger partial charge in [0.25, 0.3) is 5.91 Å².